The van der Waals surface area contributed by atoms with E-state index in [1.165, 1.54) is 10.6 Å². The van der Waals surface area contributed by atoms with Crippen molar-refractivity contribution in [3.63, 3.8) is 0 Å². The summed E-state index contributed by atoms with van der Waals surface area (Å²) in [6, 6.07) is 8.66. The second-order valence-electron chi connectivity index (χ2n) is 7.24. The predicted octanol–water partition coefficient (Wildman–Crippen LogP) is 3.45. The minimum absolute atomic E-state index is 0.367. The van der Waals surface area contributed by atoms with Gasteiger partial charge in [-0.1, -0.05) is 30.2 Å². The number of anilines is 2. The van der Waals surface area contributed by atoms with Gasteiger partial charge < -0.3 is 5.32 Å². The highest BCUT2D eigenvalue weighted by Gasteiger charge is 2.32. The van der Waals surface area contributed by atoms with Crippen LogP contribution in [-0.2, 0) is 10.0 Å². The van der Waals surface area contributed by atoms with Gasteiger partial charge in [-0.15, -0.1) is 5.10 Å². The number of aromatic amines is 1. The fourth-order valence-corrected chi connectivity index (χ4v) is 4.93. The molecule has 1 aliphatic heterocycles. The van der Waals surface area contributed by atoms with E-state index in [9.17, 15) is 8.42 Å². The summed E-state index contributed by atoms with van der Waals surface area (Å²) >= 11 is 6.38. The normalized spacial score (nSPS) is 17.8. The molecule has 158 valence electrons. The number of aromatic nitrogens is 5. The molecule has 2 aromatic heterocycles. The van der Waals surface area contributed by atoms with Gasteiger partial charge >= 0.3 is 0 Å². The first-order chi connectivity index (χ1) is 14.3. The van der Waals surface area contributed by atoms with Gasteiger partial charge in [0.2, 0.25) is 16.0 Å². The number of piperidine rings is 1. The molecule has 0 spiro atoms. The van der Waals surface area contributed by atoms with Crippen molar-refractivity contribution in [2.24, 2.45) is 0 Å². The molecule has 1 saturated heterocycles. The van der Waals surface area contributed by atoms with Crippen LogP contribution in [0.3, 0.4) is 0 Å². The zero-order valence-corrected chi connectivity index (χ0v) is 18.2. The van der Waals surface area contributed by atoms with E-state index in [1.54, 1.807) is 19.1 Å². The van der Waals surface area contributed by atoms with Gasteiger partial charge in [0, 0.05) is 18.2 Å². The van der Waals surface area contributed by atoms with Gasteiger partial charge in [0.25, 0.3) is 0 Å². The number of rotatable bonds is 5. The van der Waals surface area contributed by atoms with Crippen molar-refractivity contribution in [2.75, 3.05) is 18.1 Å². The molecule has 2 N–H and O–H groups in total. The van der Waals surface area contributed by atoms with E-state index >= 15 is 0 Å². The molecule has 9 nitrogen and oxygen atoms in total. The van der Waals surface area contributed by atoms with E-state index in [0.717, 1.165) is 12.8 Å². The Labute approximate surface area is 180 Å². The maximum absolute atomic E-state index is 12.4. The molecule has 4 rings (SSSR count). The summed E-state index contributed by atoms with van der Waals surface area (Å²) in [5.74, 6) is 1.90. The minimum atomic E-state index is -3.38. The highest BCUT2D eigenvalue weighted by Crippen LogP contribution is 2.35. The smallest absolute Gasteiger partial charge is 0.247 e. The Morgan fingerprint density at radius 2 is 2.00 bits per heavy atom. The number of hydrogen-bond acceptors (Lipinski definition) is 7. The summed E-state index contributed by atoms with van der Waals surface area (Å²) in [5.41, 5.74) is 1.27. The zero-order valence-electron chi connectivity index (χ0n) is 16.6. The van der Waals surface area contributed by atoms with Crippen molar-refractivity contribution in [2.45, 2.75) is 32.2 Å². The highest BCUT2D eigenvalue weighted by atomic mass is 35.5. The second-order valence-corrected chi connectivity index (χ2v) is 9.58. The fraction of sp³-hybridized carbons (Fsp3) is 0.368. The summed E-state index contributed by atoms with van der Waals surface area (Å²) in [6.45, 7) is 2.27. The van der Waals surface area contributed by atoms with Crippen LogP contribution in [0, 0.1) is 6.92 Å². The van der Waals surface area contributed by atoms with Gasteiger partial charge in [0.15, 0.2) is 5.82 Å². The van der Waals surface area contributed by atoms with Crippen LogP contribution in [-0.4, -0.2) is 50.7 Å². The zero-order chi connectivity index (χ0) is 21.3. The van der Waals surface area contributed by atoms with E-state index in [1.807, 2.05) is 18.2 Å². The lowest BCUT2D eigenvalue weighted by molar-refractivity contribution is 0.253. The summed E-state index contributed by atoms with van der Waals surface area (Å²) < 4.78 is 26.3. The molecule has 11 heteroatoms. The second kappa shape index (κ2) is 8.29. The molecule has 1 aliphatic rings. The summed E-state index contributed by atoms with van der Waals surface area (Å²) in [4.78, 5) is 13.5. The van der Waals surface area contributed by atoms with Crippen LogP contribution >= 0.6 is 11.6 Å². The van der Waals surface area contributed by atoms with Crippen LogP contribution in [0.5, 0.6) is 0 Å². The Bertz CT molecular complexity index is 1170. The van der Waals surface area contributed by atoms with Gasteiger partial charge in [0.1, 0.15) is 11.6 Å². The third-order valence-electron chi connectivity index (χ3n) is 4.92. The van der Waals surface area contributed by atoms with Gasteiger partial charge in [-0.3, -0.25) is 5.10 Å². The van der Waals surface area contributed by atoms with Gasteiger partial charge in [-0.05, 0) is 31.9 Å². The van der Waals surface area contributed by atoms with Crippen molar-refractivity contribution in [3.05, 3.63) is 46.9 Å². The SMILES string of the molecule is Cc1nc(Nc2cc(C3CCCCN3S(C)(=O)=O)nc(-c3ccccc3Cl)n2)n[nH]1. The molecular formula is C19H22ClN7O2S. The minimum Gasteiger partial charge on any atom is -0.307 e. The van der Waals surface area contributed by atoms with Crippen molar-refractivity contribution >= 4 is 33.4 Å². The molecule has 0 radical (unpaired) electrons. The maximum Gasteiger partial charge on any atom is 0.247 e. The van der Waals surface area contributed by atoms with Crippen LogP contribution in [0.25, 0.3) is 11.4 Å². The Morgan fingerprint density at radius 3 is 2.70 bits per heavy atom. The average molecular weight is 448 g/mol. The molecule has 1 fully saturated rings. The van der Waals surface area contributed by atoms with Crippen molar-refractivity contribution in [1.82, 2.24) is 29.5 Å². The molecular weight excluding hydrogens is 426 g/mol. The monoisotopic (exact) mass is 447 g/mol. The topological polar surface area (TPSA) is 117 Å². The highest BCUT2D eigenvalue weighted by molar-refractivity contribution is 7.88. The van der Waals surface area contributed by atoms with Gasteiger partial charge in [-0.2, -0.15) is 9.29 Å². The van der Waals surface area contributed by atoms with E-state index in [2.05, 4.69) is 25.5 Å². The van der Waals surface area contributed by atoms with Crippen LogP contribution in [0.1, 0.15) is 36.8 Å². The number of sulfonamides is 1. The predicted molar refractivity (Wildman–Crippen MR) is 115 cm³/mol. The van der Waals surface area contributed by atoms with Gasteiger partial charge in [-0.25, -0.2) is 18.4 Å². The molecule has 1 unspecified atom stereocenters. The standard InChI is InChI=1S/C19H22ClN7O2S/c1-12-21-19(26-25-12)24-17-11-15(16-9-5-6-10-27(16)30(2,28)29)22-18(23-17)13-7-3-4-8-14(13)20/h3-4,7-8,11,16H,5-6,9-10H2,1-2H3,(H2,21,22,23,24,25,26). The van der Waals surface area contributed by atoms with E-state index in [4.69, 9.17) is 16.6 Å². The molecule has 3 aromatic rings. The van der Waals surface area contributed by atoms with E-state index in [0.29, 0.717) is 52.7 Å². The molecule has 1 atom stereocenters. The Morgan fingerprint density at radius 1 is 1.20 bits per heavy atom. The molecule has 30 heavy (non-hydrogen) atoms. The lowest BCUT2D eigenvalue weighted by Gasteiger charge is -2.33. The Balaban J connectivity index is 1.81. The molecule has 0 amide bonds. The molecule has 0 saturated carbocycles. The van der Waals surface area contributed by atoms with Crippen LogP contribution in [0.4, 0.5) is 11.8 Å². The lowest BCUT2D eigenvalue weighted by Crippen LogP contribution is -2.38. The quantitative estimate of drug-likeness (QED) is 0.615. The molecule has 0 bridgehead atoms. The van der Waals surface area contributed by atoms with Crippen molar-refractivity contribution < 1.29 is 8.42 Å². The average Bonchev–Trinajstić information content (AvgIpc) is 3.12. The van der Waals surface area contributed by atoms with Crippen molar-refractivity contribution in [3.8, 4) is 11.4 Å². The van der Waals surface area contributed by atoms with Gasteiger partial charge in [0.05, 0.1) is 23.0 Å². The maximum atomic E-state index is 12.4. The lowest BCUT2D eigenvalue weighted by atomic mass is 10.0. The number of halogens is 1. The first-order valence-corrected chi connectivity index (χ1v) is 11.8. The number of nitrogens with one attached hydrogen (secondary N) is 2. The number of hydrogen-bond donors (Lipinski definition) is 2. The Kier molecular flexibility index (Phi) is 5.72. The Hall–Kier alpha value is -2.56. The summed E-state index contributed by atoms with van der Waals surface area (Å²) in [6.07, 6.45) is 3.67. The number of H-pyrrole nitrogens is 1. The first kappa shape index (κ1) is 20.7. The molecule has 0 aliphatic carbocycles. The van der Waals surface area contributed by atoms with Crippen LogP contribution in [0.2, 0.25) is 5.02 Å². The fourth-order valence-electron chi connectivity index (χ4n) is 3.57. The van der Waals surface area contributed by atoms with E-state index < -0.39 is 10.0 Å². The summed E-state index contributed by atoms with van der Waals surface area (Å²) in [7, 11) is -3.38. The number of nitrogens with zero attached hydrogens (tertiary/aromatic N) is 5. The van der Waals surface area contributed by atoms with Crippen molar-refractivity contribution in [1.29, 1.82) is 0 Å². The molecule has 3 heterocycles. The number of benzene rings is 1. The van der Waals surface area contributed by atoms with Crippen LogP contribution in [0.15, 0.2) is 30.3 Å². The number of aryl methyl sites for hydroxylation is 1. The third kappa shape index (κ3) is 4.45. The first-order valence-electron chi connectivity index (χ1n) is 9.58. The molecule has 1 aromatic carbocycles. The largest absolute Gasteiger partial charge is 0.307 e. The summed E-state index contributed by atoms with van der Waals surface area (Å²) in [5, 5.41) is 10.4. The third-order valence-corrected chi connectivity index (χ3v) is 6.54. The van der Waals surface area contributed by atoms with Crippen LogP contribution < -0.4 is 5.32 Å². The van der Waals surface area contributed by atoms with E-state index in [-0.39, 0.29) is 6.04 Å².